The van der Waals surface area contributed by atoms with Gasteiger partial charge < -0.3 is 10.2 Å². The predicted octanol–water partition coefficient (Wildman–Crippen LogP) is -0.393. The SMILES string of the molecule is CC(O)(CN1C(=O)C2CCCC2C1=O)C(=O)O. The Bertz CT molecular complexity index is 367. The molecule has 0 aromatic rings. The number of hydrogen-bond acceptors (Lipinski definition) is 4. The fourth-order valence-electron chi connectivity index (χ4n) is 2.59. The molecular formula is C11H15NO5. The number of carbonyl (C=O) groups excluding carboxylic acids is 2. The number of β-amino-alcohol motifs (C(OH)–C–C–N with tert-alkyl or cyclic N) is 1. The largest absolute Gasteiger partial charge is 0.479 e. The van der Waals surface area contributed by atoms with Gasteiger partial charge in [0.1, 0.15) is 0 Å². The monoisotopic (exact) mass is 241 g/mol. The van der Waals surface area contributed by atoms with Crippen molar-refractivity contribution in [3.05, 3.63) is 0 Å². The van der Waals surface area contributed by atoms with Crippen LogP contribution in [0.2, 0.25) is 0 Å². The van der Waals surface area contributed by atoms with Crippen molar-refractivity contribution in [3.63, 3.8) is 0 Å². The zero-order valence-corrected chi connectivity index (χ0v) is 9.55. The van der Waals surface area contributed by atoms with Gasteiger partial charge in [-0.05, 0) is 19.8 Å². The van der Waals surface area contributed by atoms with Gasteiger partial charge in [-0.15, -0.1) is 0 Å². The summed E-state index contributed by atoms with van der Waals surface area (Å²) in [5, 5.41) is 18.4. The molecule has 17 heavy (non-hydrogen) atoms. The molecule has 3 atom stereocenters. The number of carboxylic acids is 1. The zero-order chi connectivity index (χ0) is 12.8. The van der Waals surface area contributed by atoms with Crippen LogP contribution in [0.15, 0.2) is 0 Å². The highest BCUT2D eigenvalue weighted by molar-refractivity contribution is 6.05. The Morgan fingerprint density at radius 3 is 2.24 bits per heavy atom. The average molecular weight is 241 g/mol. The molecule has 0 aromatic heterocycles. The molecule has 2 rings (SSSR count). The molecule has 1 saturated carbocycles. The molecule has 2 N–H and O–H groups in total. The van der Waals surface area contributed by atoms with E-state index >= 15 is 0 Å². The third-order valence-corrected chi connectivity index (χ3v) is 3.61. The Morgan fingerprint density at radius 2 is 1.82 bits per heavy atom. The van der Waals surface area contributed by atoms with E-state index in [1.807, 2.05) is 0 Å². The Hall–Kier alpha value is -1.43. The van der Waals surface area contributed by atoms with E-state index in [0.717, 1.165) is 18.2 Å². The average Bonchev–Trinajstić information content (AvgIpc) is 2.78. The van der Waals surface area contributed by atoms with Crippen LogP contribution < -0.4 is 0 Å². The third-order valence-electron chi connectivity index (χ3n) is 3.61. The van der Waals surface area contributed by atoms with Gasteiger partial charge >= 0.3 is 5.97 Å². The van der Waals surface area contributed by atoms with E-state index in [-0.39, 0.29) is 23.7 Å². The maximum atomic E-state index is 11.9. The molecule has 6 heteroatoms. The van der Waals surface area contributed by atoms with Crippen LogP contribution in [0, 0.1) is 11.8 Å². The number of likely N-dealkylation sites (tertiary alicyclic amines) is 1. The van der Waals surface area contributed by atoms with Gasteiger partial charge in [-0.3, -0.25) is 14.5 Å². The van der Waals surface area contributed by atoms with Gasteiger partial charge in [0.15, 0.2) is 5.60 Å². The van der Waals surface area contributed by atoms with Gasteiger partial charge in [0.2, 0.25) is 11.8 Å². The van der Waals surface area contributed by atoms with E-state index in [9.17, 15) is 19.5 Å². The molecular weight excluding hydrogens is 226 g/mol. The summed E-state index contributed by atoms with van der Waals surface area (Å²) in [5.74, 6) is -2.70. The number of aliphatic hydroxyl groups is 1. The fourth-order valence-corrected chi connectivity index (χ4v) is 2.59. The number of amides is 2. The van der Waals surface area contributed by atoms with Crippen LogP contribution in [0.25, 0.3) is 0 Å². The van der Waals surface area contributed by atoms with E-state index in [0.29, 0.717) is 12.8 Å². The minimum Gasteiger partial charge on any atom is -0.479 e. The van der Waals surface area contributed by atoms with Gasteiger partial charge in [-0.25, -0.2) is 4.79 Å². The zero-order valence-electron chi connectivity index (χ0n) is 9.55. The number of imide groups is 1. The second-order valence-corrected chi connectivity index (χ2v) is 4.99. The maximum Gasteiger partial charge on any atom is 0.337 e. The standard InChI is InChI=1S/C11H15NO5/c1-11(17,10(15)16)5-12-8(13)6-3-2-4-7(6)9(12)14/h6-7,17H,2-5H2,1H3,(H,15,16). The molecule has 3 unspecified atom stereocenters. The fraction of sp³-hybridized carbons (Fsp3) is 0.727. The first-order valence-electron chi connectivity index (χ1n) is 5.65. The number of carbonyl (C=O) groups is 3. The molecule has 1 aliphatic carbocycles. The Morgan fingerprint density at radius 1 is 1.35 bits per heavy atom. The molecule has 0 bridgehead atoms. The second-order valence-electron chi connectivity index (χ2n) is 4.99. The van der Waals surface area contributed by atoms with Crippen LogP contribution in [0.3, 0.4) is 0 Å². The van der Waals surface area contributed by atoms with E-state index in [1.165, 1.54) is 0 Å². The lowest BCUT2D eigenvalue weighted by Gasteiger charge is -2.24. The highest BCUT2D eigenvalue weighted by Gasteiger charge is 2.51. The van der Waals surface area contributed by atoms with Gasteiger partial charge in [-0.2, -0.15) is 0 Å². The molecule has 1 heterocycles. The molecule has 1 saturated heterocycles. The first-order chi connectivity index (χ1) is 7.84. The van der Waals surface area contributed by atoms with E-state index in [1.54, 1.807) is 0 Å². The van der Waals surface area contributed by atoms with Crippen LogP contribution >= 0.6 is 0 Å². The van der Waals surface area contributed by atoms with Gasteiger partial charge in [0.05, 0.1) is 18.4 Å². The number of nitrogens with zero attached hydrogens (tertiary/aromatic N) is 1. The minimum atomic E-state index is -2.08. The summed E-state index contributed by atoms with van der Waals surface area (Å²) in [4.78, 5) is 35.5. The molecule has 0 aromatic carbocycles. The summed E-state index contributed by atoms with van der Waals surface area (Å²) in [7, 11) is 0. The molecule has 1 aliphatic heterocycles. The lowest BCUT2D eigenvalue weighted by atomic mass is 10.00. The number of hydrogen-bond donors (Lipinski definition) is 2. The molecule has 94 valence electrons. The van der Waals surface area contributed by atoms with Crippen molar-refractivity contribution in [1.29, 1.82) is 0 Å². The first-order valence-corrected chi connectivity index (χ1v) is 5.65. The van der Waals surface area contributed by atoms with Crippen LogP contribution in [0.1, 0.15) is 26.2 Å². The van der Waals surface area contributed by atoms with Crippen LogP contribution in [0.4, 0.5) is 0 Å². The first kappa shape index (κ1) is 12.0. The molecule has 0 radical (unpaired) electrons. The minimum absolute atomic E-state index is 0.299. The molecule has 2 amide bonds. The summed E-state index contributed by atoms with van der Waals surface area (Å²) in [6, 6.07) is 0. The highest BCUT2D eigenvalue weighted by atomic mass is 16.4. The van der Waals surface area contributed by atoms with Crippen molar-refractivity contribution in [2.45, 2.75) is 31.8 Å². The third kappa shape index (κ3) is 1.82. The van der Waals surface area contributed by atoms with Crippen molar-refractivity contribution >= 4 is 17.8 Å². The number of fused-ring (bicyclic) bond motifs is 1. The lowest BCUT2D eigenvalue weighted by Crippen LogP contribution is -2.49. The van der Waals surface area contributed by atoms with Crippen molar-refractivity contribution in [1.82, 2.24) is 4.90 Å². The summed E-state index contributed by atoms with van der Waals surface area (Å²) in [6.45, 7) is 0.622. The van der Waals surface area contributed by atoms with Crippen molar-refractivity contribution in [2.75, 3.05) is 6.54 Å². The van der Waals surface area contributed by atoms with Crippen LogP contribution in [0.5, 0.6) is 0 Å². The topological polar surface area (TPSA) is 94.9 Å². The normalized spacial score (nSPS) is 31.5. The second kappa shape index (κ2) is 3.80. The Balaban J connectivity index is 2.16. The summed E-state index contributed by atoms with van der Waals surface area (Å²) >= 11 is 0. The quantitative estimate of drug-likeness (QED) is 0.656. The molecule has 2 aliphatic rings. The smallest absolute Gasteiger partial charge is 0.337 e. The number of rotatable bonds is 3. The molecule has 2 fully saturated rings. The summed E-state index contributed by atoms with van der Waals surface area (Å²) in [6.07, 6.45) is 2.22. The Kier molecular flexibility index (Phi) is 2.69. The number of carboxylic acid groups (broad SMARTS) is 1. The highest BCUT2D eigenvalue weighted by Crippen LogP contribution is 2.40. The van der Waals surface area contributed by atoms with E-state index < -0.39 is 18.1 Å². The van der Waals surface area contributed by atoms with Gasteiger partial charge in [-0.1, -0.05) is 6.42 Å². The van der Waals surface area contributed by atoms with Gasteiger partial charge in [0.25, 0.3) is 0 Å². The van der Waals surface area contributed by atoms with Crippen LogP contribution in [-0.2, 0) is 14.4 Å². The van der Waals surface area contributed by atoms with Crippen molar-refractivity contribution < 1.29 is 24.6 Å². The number of aliphatic carboxylic acids is 1. The van der Waals surface area contributed by atoms with Crippen LogP contribution in [-0.4, -0.2) is 45.0 Å². The van der Waals surface area contributed by atoms with Crippen molar-refractivity contribution in [2.24, 2.45) is 11.8 Å². The Labute approximate surface area is 98.2 Å². The maximum absolute atomic E-state index is 11.9. The van der Waals surface area contributed by atoms with Crippen molar-refractivity contribution in [3.8, 4) is 0 Å². The van der Waals surface area contributed by atoms with Gasteiger partial charge in [0, 0.05) is 0 Å². The van der Waals surface area contributed by atoms with E-state index in [2.05, 4.69) is 0 Å². The van der Waals surface area contributed by atoms with E-state index in [4.69, 9.17) is 5.11 Å². The molecule has 6 nitrogen and oxygen atoms in total. The summed E-state index contributed by atoms with van der Waals surface area (Å²) < 4.78 is 0. The summed E-state index contributed by atoms with van der Waals surface area (Å²) in [5.41, 5.74) is -2.08. The molecule has 0 spiro atoms. The lowest BCUT2D eigenvalue weighted by molar-refractivity contribution is -0.161. The predicted molar refractivity (Wildman–Crippen MR) is 55.8 cm³/mol.